The third kappa shape index (κ3) is 3.68. The van der Waals surface area contributed by atoms with E-state index >= 15 is 0 Å². The number of benzene rings is 1. The summed E-state index contributed by atoms with van der Waals surface area (Å²) in [6, 6.07) is 6.93. The van der Waals surface area contributed by atoms with Crippen LogP contribution < -0.4 is 5.73 Å². The van der Waals surface area contributed by atoms with Gasteiger partial charge in [0, 0.05) is 23.7 Å². The maximum Gasteiger partial charge on any atom is 0.152 e. The lowest BCUT2D eigenvalue weighted by Gasteiger charge is -2.26. The number of aliphatic hydroxyl groups excluding tert-OH is 1. The molecule has 0 spiro atoms. The SMILES string of the molecule is CC(C(O)C(CN)c1cccc(Cl)c1)S(C)(=O)=O. The molecule has 3 atom stereocenters. The quantitative estimate of drug-likeness (QED) is 0.853. The summed E-state index contributed by atoms with van der Waals surface area (Å²) in [6.07, 6.45) is 0.0513. The average Bonchev–Trinajstić information content (AvgIpc) is 2.27. The molecule has 0 saturated heterocycles. The van der Waals surface area contributed by atoms with Crippen LogP contribution in [0.5, 0.6) is 0 Å². The Bertz CT molecular complexity index is 504. The molecule has 1 aromatic rings. The van der Waals surface area contributed by atoms with Crippen molar-refractivity contribution in [1.29, 1.82) is 0 Å². The number of rotatable bonds is 5. The van der Waals surface area contributed by atoms with Crippen LogP contribution in [-0.2, 0) is 9.84 Å². The molecule has 0 aliphatic rings. The van der Waals surface area contributed by atoms with Gasteiger partial charge < -0.3 is 10.8 Å². The van der Waals surface area contributed by atoms with E-state index < -0.39 is 27.1 Å². The van der Waals surface area contributed by atoms with Gasteiger partial charge in [-0.1, -0.05) is 23.7 Å². The first-order valence-corrected chi connectivity index (χ1v) is 7.93. The molecule has 1 aromatic carbocycles. The molecular formula is C12H18ClNO3S. The maximum atomic E-state index is 11.5. The molecule has 18 heavy (non-hydrogen) atoms. The number of hydrogen-bond acceptors (Lipinski definition) is 4. The molecule has 0 fully saturated rings. The Kier molecular flexibility index (Phi) is 5.16. The van der Waals surface area contributed by atoms with Gasteiger partial charge in [-0.3, -0.25) is 0 Å². The number of aliphatic hydroxyl groups is 1. The highest BCUT2D eigenvalue weighted by molar-refractivity contribution is 7.91. The summed E-state index contributed by atoms with van der Waals surface area (Å²) in [7, 11) is -3.31. The van der Waals surface area contributed by atoms with E-state index in [9.17, 15) is 13.5 Å². The van der Waals surface area contributed by atoms with E-state index in [0.29, 0.717) is 5.02 Å². The second-order valence-electron chi connectivity index (χ2n) is 4.42. The van der Waals surface area contributed by atoms with Gasteiger partial charge in [-0.2, -0.15) is 0 Å². The molecule has 4 nitrogen and oxygen atoms in total. The van der Waals surface area contributed by atoms with Gasteiger partial charge in [0.25, 0.3) is 0 Å². The van der Waals surface area contributed by atoms with E-state index in [4.69, 9.17) is 17.3 Å². The Hall–Kier alpha value is -0.620. The Morgan fingerprint density at radius 3 is 2.50 bits per heavy atom. The van der Waals surface area contributed by atoms with Crippen LogP contribution in [0.1, 0.15) is 18.4 Å². The molecule has 3 N–H and O–H groups in total. The minimum Gasteiger partial charge on any atom is -0.391 e. The van der Waals surface area contributed by atoms with Crippen molar-refractivity contribution in [2.75, 3.05) is 12.8 Å². The van der Waals surface area contributed by atoms with Crippen molar-refractivity contribution >= 4 is 21.4 Å². The number of halogens is 1. The maximum absolute atomic E-state index is 11.5. The lowest BCUT2D eigenvalue weighted by atomic mass is 9.92. The van der Waals surface area contributed by atoms with Crippen LogP contribution in [0.4, 0.5) is 0 Å². The zero-order valence-electron chi connectivity index (χ0n) is 10.4. The Morgan fingerprint density at radius 1 is 1.44 bits per heavy atom. The van der Waals surface area contributed by atoms with Crippen LogP contribution in [0, 0.1) is 0 Å². The Morgan fingerprint density at radius 2 is 2.06 bits per heavy atom. The molecule has 0 heterocycles. The molecule has 0 saturated carbocycles. The van der Waals surface area contributed by atoms with Crippen molar-refractivity contribution in [2.24, 2.45) is 5.73 Å². The van der Waals surface area contributed by atoms with Crippen LogP contribution in [0.3, 0.4) is 0 Å². The second kappa shape index (κ2) is 6.02. The highest BCUT2D eigenvalue weighted by atomic mass is 35.5. The van der Waals surface area contributed by atoms with Crippen molar-refractivity contribution < 1.29 is 13.5 Å². The predicted octanol–water partition coefficient (Wildman–Crippen LogP) is 1.18. The summed E-state index contributed by atoms with van der Waals surface area (Å²) in [6.45, 7) is 1.63. The summed E-state index contributed by atoms with van der Waals surface area (Å²) < 4.78 is 22.9. The number of sulfone groups is 1. The first-order valence-electron chi connectivity index (χ1n) is 5.60. The monoisotopic (exact) mass is 291 g/mol. The molecule has 0 radical (unpaired) electrons. The molecule has 0 aliphatic heterocycles. The van der Waals surface area contributed by atoms with Crippen LogP contribution in [0.2, 0.25) is 5.02 Å². The smallest absolute Gasteiger partial charge is 0.152 e. The van der Waals surface area contributed by atoms with Gasteiger partial charge in [-0.15, -0.1) is 0 Å². The third-order valence-corrected chi connectivity index (χ3v) is 4.96. The van der Waals surface area contributed by atoms with E-state index in [2.05, 4.69) is 0 Å². The fourth-order valence-corrected chi connectivity index (χ4v) is 2.69. The van der Waals surface area contributed by atoms with Gasteiger partial charge in [0.15, 0.2) is 9.84 Å². The lowest BCUT2D eigenvalue weighted by Crippen LogP contribution is -2.38. The standard InChI is InChI=1S/C12H18ClNO3S/c1-8(18(2,16)17)12(15)11(7-14)9-4-3-5-10(13)6-9/h3-6,8,11-12,15H,7,14H2,1-2H3. The molecular weight excluding hydrogens is 274 g/mol. The molecule has 3 unspecified atom stereocenters. The largest absolute Gasteiger partial charge is 0.391 e. The zero-order valence-corrected chi connectivity index (χ0v) is 11.9. The van der Waals surface area contributed by atoms with Crippen molar-refractivity contribution in [3.05, 3.63) is 34.9 Å². The topological polar surface area (TPSA) is 80.4 Å². The molecule has 6 heteroatoms. The molecule has 0 aromatic heterocycles. The van der Waals surface area contributed by atoms with Crippen LogP contribution in [-0.4, -0.2) is 37.7 Å². The van der Waals surface area contributed by atoms with Gasteiger partial charge >= 0.3 is 0 Å². The fraction of sp³-hybridized carbons (Fsp3) is 0.500. The lowest BCUT2D eigenvalue weighted by molar-refractivity contribution is 0.144. The molecule has 0 bridgehead atoms. The zero-order chi connectivity index (χ0) is 13.9. The van der Waals surface area contributed by atoms with Crippen molar-refractivity contribution in [1.82, 2.24) is 0 Å². The highest BCUT2D eigenvalue weighted by Crippen LogP contribution is 2.25. The van der Waals surface area contributed by atoms with Gasteiger partial charge in [0.1, 0.15) is 0 Å². The summed E-state index contributed by atoms with van der Waals surface area (Å²) in [5.74, 6) is -0.451. The second-order valence-corrected chi connectivity index (χ2v) is 7.26. The Balaban J connectivity index is 3.04. The minimum atomic E-state index is -3.31. The number of hydrogen-bond donors (Lipinski definition) is 2. The van der Waals surface area contributed by atoms with Crippen molar-refractivity contribution in [3.63, 3.8) is 0 Å². The highest BCUT2D eigenvalue weighted by Gasteiger charge is 2.31. The molecule has 102 valence electrons. The average molecular weight is 292 g/mol. The van der Waals surface area contributed by atoms with E-state index in [-0.39, 0.29) is 6.54 Å². The van der Waals surface area contributed by atoms with Crippen LogP contribution in [0.15, 0.2) is 24.3 Å². The summed E-state index contributed by atoms with van der Waals surface area (Å²) in [5.41, 5.74) is 6.38. The Labute approximate surface area is 113 Å². The number of nitrogens with two attached hydrogens (primary N) is 1. The molecule has 0 amide bonds. The summed E-state index contributed by atoms with van der Waals surface area (Å²) in [4.78, 5) is 0. The van der Waals surface area contributed by atoms with Gasteiger partial charge in [0.2, 0.25) is 0 Å². The minimum absolute atomic E-state index is 0.154. The fourth-order valence-electron chi connectivity index (χ4n) is 1.79. The molecule has 1 rings (SSSR count). The first kappa shape index (κ1) is 15.4. The van der Waals surface area contributed by atoms with E-state index in [1.54, 1.807) is 24.3 Å². The van der Waals surface area contributed by atoms with E-state index in [1.807, 2.05) is 0 Å². The predicted molar refractivity (Wildman–Crippen MR) is 73.6 cm³/mol. The van der Waals surface area contributed by atoms with Crippen LogP contribution in [0.25, 0.3) is 0 Å². The molecule has 0 aliphatic carbocycles. The van der Waals surface area contributed by atoms with Crippen molar-refractivity contribution in [2.45, 2.75) is 24.2 Å². The normalized spacial score (nSPS) is 17.2. The van der Waals surface area contributed by atoms with Gasteiger partial charge in [-0.05, 0) is 24.6 Å². The van der Waals surface area contributed by atoms with Crippen molar-refractivity contribution in [3.8, 4) is 0 Å². The third-order valence-electron chi connectivity index (χ3n) is 3.10. The van der Waals surface area contributed by atoms with Gasteiger partial charge in [0.05, 0.1) is 11.4 Å². The van der Waals surface area contributed by atoms with E-state index in [0.717, 1.165) is 11.8 Å². The first-order chi connectivity index (χ1) is 8.27. The van der Waals surface area contributed by atoms with Crippen LogP contribution >= 0.6 is 11.6 Å². The van der Waals surface area contributed by atoms with E-state index in [1.165, 1.54) is 6.92 Å². The summed E-state index contributed by atoms with van der Waals surface area (Å²) in [5, 5.41) is 9.82. The van der Waals surface area contributed by atoms with Gasteiger partial charge in [-0.25, -0.2) is 8.42 Å². The summed E-state index contributed by atoms with van der Waals surface area (Å²) >= 11 is 5.88.